The molecule has 1 aromatic carbocycles. The zero-order chi connectivity index (χ0) is 15.5. The summed E-state index contributed by atoms with van der Waals surface area (Å²) in [5.41, 5.74) is 0. The molecule has 1 amide bonds. The van der Waals surface area contributed by atoms with Gasteiger partial charge in [0.05, 0.1) is 0 Å². The second-order valence-corrected chi connectivity index (χ2v) is 6.34. The van der Waals surface area contributed by atoms with Crippen molar-refractivity contribution >= 4 is 5.91 Å². The minimum absolute atomic E-state index is 0.144. The van der Waals surface area contributed by atoms with Crippen LogP contribution >= 0.6 is 0 Å². The lowest BCUT2D eigenvalue weighted by atomic mass is 10.1. The van der Waals surface area contributed by atoms with Crippen molar-refractivity contribution in [2.24, 2.45) is 5.92 Å². The van der Waals surface area contributed by atoms with Crippen molar-refractivity contribution in [2.75, 3.05) is 19.6 Å². The van der Waals surface area contributed by atoms with Gasteiger partial charge in [0.25, 0.3) is 5.91 Å². The third kappa shape index (κ3) is 3.97. The SMILES string of the molecule is CC(Oc1cccc(F)c1)C(=O)NCC1CCN(C2CC2)C1. The maximum atomic E-state index is 13.1. The lowest BCUT2D eigenvalue weighted by molar-refractivity contribution is -0.127. The van der Waals surface area contributed by atoms with Gasteiger partial charge in [0.2, 0.25) is 0 Å². The van der Waals surface area contributed by atoms with Gasteiger partial charge in [0, 0.05) is 25.2 Å². The Labute approximate surface area is 130 Å². The summed E-state index contributed by atoms with van der Waals surface area (Å²) in [6, 6.07) is 6.66. The first-order valence-corrected chi connectivity index (χ1v) is 8.06. The van der Waals surface area contributed by atoms with Gasteiger partial charge in [0.1, 0.15) is 11.6 Å². The zero-order valence-corrected chi connectivity index (χ0v) is 12.9. The lowest BCUT2D eigenvalue weighted by Crippen LogP contribution is -2.39. The predicted octanol–water partition coefficient (Wildman–Crippen LogP) is 2.19. The molecule has 1 saturated heterocycles. The highest BCUT2D eigenvalue weighted by molar-refractivity contribution is 5.80. The molecule has 1 aromatic rings. The summed E-state index contributed by atoms with van der Waals surface area (Å²) in [6.45, 7) is 4.62. The summed E-state index contributed by atoms with van der Waals surface area (Å²) in [5, 5.41) is 2.95. The fourth-order valence-corrected chi connectivity index (χ4v) is 2.99. The third-order valence-electron chi connectivity index (χ3n) is 4.42. The van der Waals surface area contributed by atoms with E-state index in [1.807, 2.05) is 0 Å². The van der Waals surface area contributed by atoms with Crippen molar-refractivity contribution < 1.29 is 13.9 Å². The third-order valence-corrected chi connectivity index (χ3v) is 4.42. The van der Waals surface area contributed by atoms with E-state index in [4.69, 9.17) is 4.74 Å². The maximum absolute atomic E-state index is 13.1. The molecule has 2 atom stereocenters. The molecular weight excluding hydrogens is 283 g/mol. The van der Waals surface area contributed by atoms with Crippen LogP contribution in [0.25, 0.3) is 0 Å². The number of likely N-dealkylation sites (tertiary alicyclic amines) is 1. The van der Waals surface area contributed by atoms with Crippen LogP contribution in [0.3, 0.4) is 0 Å². The predicted molar refractivity (Wildman–Crippen MR) is 82.2 cm³/mol. The van der Waals surface area contributed by atoms with Crippen LogP contribution in [0.5, 0.6) is 5.75 Å². The Morgan fingerprint density at radius 3 is 3.00 bits per heavy atom. The van der Waals surface area contributed by atoms with Crippen molar-refractivity contribution in [3.63, 3.8) is 0 Å². The number of benzene rings is 1. The molecule has 3 rings (SSSR count). The lowest BCUT2D eigenvalue weighted by Gasteiger charge is -2.17. The van der Waals surface area contributed by atoms with E-state index in [0.717, 1.165) is 25.6 Å². The van der Waals surface area contributed by atoms with Gasteiger partial charge >= 0.3 is 0 Å². The van der Waals surface area contributed by atoms with Crippen molar-refractivity contribution in [3.8, 4) is 5.75 Å². The number of carbonyl (C=O) groups excluding carboxylic acids is 1. The topological polar surface area (TPSA) is 41.6 Å². The molecular formula is C17H23FN2O2. The van der Waals surface area contributed by atoms with E-state index >= 15 is 0 Å². The van der Waals surface area contributed by atoms with E-state index in [0.29, 0.717) is 18.2 Å². The molecule has 0 radical (unpaired) electrons. The summed E-state index contributed by atoms with van der Waals surface area (Å²) < 4.78 is 18.6. The van der Waals surface area contributed by atoms with Crippen LogP contribution in [-0.4, -0.2) is 42.6 Å². The molecule has 1 saturated carbocycles. The number of rotatable bonds is 6. The van der Waals surface area contributed by atoms with E-state index in [-0.39, 0.29) is 11.7 Å². The first kappa shape index (κ1) is 15.3. The van der Waals surface area contributed by atoms with E-state index in [1.165, 1.54) is 25.0 Å². The Hall–Kier alpha value is -1.62. The molecule has 0 spiro atoms. The molecule has 2 aliphatic rings. The largest absolute Gasteiger partial charge is 0.481 e. The van der Waals surface area contributed by atoms with Crippen LogP contribution < -0.4 is 10.1 Å². The molecule has 5 heteroatoms. The minimum atomic E-state index is -0.622. The summed E-state index contributed by atoms with van der Waals surface area (Å²) in [7, 11) is 0. The maximum Gasteiger partial charge on any atom is 0.260 e. The Balaban J connectivity index is 1.41. The van der Waals surface area contributed by atoms with Gasteiger partial charge in [-0.3, -0.25) is 4.79 Å². The fraction of sp³-hybridized carbons (Fsp3) is 0.588. The standard InChI is InChI=1S/C17H23FN2O2/c1-12(22-16-4-2-3-14(18)9-16)17(21)19-10-13-7-8-20(11-13)15-5-6-15/h2-4,9,12-13,15H,5-8,10-11H2,1H3,(H,19,21). The number of amides is 1. The Morgan fingerprint density at radius 2 is 2.27 bits per heavy atom. The van der Waals surface area contributed by atoms with Crippen molar-refractivity contribution in [1.29, 1.82) is 0 Å². The Morgan fingerprint density at radius 1 is 1.45 bits per heavy atom. The van der Waals surface area contributed by atoms with Gasteiger partial charge in [0.15, 0.2) is 6.10 Å². The molecule has 1 aliphatic carbocycles. The van der Waals surface area contributed by atoms with Gasteiger partial charge in [-0.15, -0.1) is 0 Å². The van der Waals surface area contributed by atoms with Gasteiger partial charge in [-0.1, -0.05) is 6.07 Å². The van der Waals surface area contributed by atoms with Gasteiger partial charge in [-0.2, -0.15) is 0 Å². The van der Waals surface area contributed by atoms with Crippen LogP contribution in [0.4, 0.5) is 4.39 Å². The smallest absolute Gasteiger partial charge is 0.260 e. The van der Waals surface area contributed by atoms with Crippen LogP contribution in [-0.2, 0) is 4.79 Å². The molecule has 2 fully saturated rings. The van der Waals surface area contributed by atoms with Crippen LogP contribution in [0.15, 0.2) is 24.3 Å². The van der Waals surface area contributed by atoms with Crippen molar-refractivity contribution in [1.82, 2.24) is 10.2 Å². The molecule has 22 heavy (non-hydrogen) atoms. The normalized spacial score (nSPS) is 23.3. The highest BCUT2D eigenvalue weighted by Gasteiger charge is 2.34. The summed E-state index contributed by atoms with van der Waals surface area (Å²) in [4.78, 5) is 14.6. The highest BCUT2D eigenvalue weighted by Crippen LogP contribution is 2.31. The molecule has 2 unspecified atom stereocenters. The van der Waals surface area contributed by atoms with Gasteiger partial charge < -0.3 is 15.0 Å². The number of hydrogen-bond acceptors (Lipinski definition) is 3. The van der Waals surface area contributed by atoms with E-state index in [9.17, 15) is 9.18 Å². The number of nitrogens with zero attached hydrogens (tertiary/aromatic N) is 1. The Bertz CT molecular complexity index is 533. The average Bonchev–Trinajstić information content (AvgIpc) is 3.24. The summed E-state index contributed by atoms with van der Waals surface area (Å²) in [5.74, 6) is 0.403. The minimum Gasteiger partial charge on any atom is -0.481 e. The van der Waals surface area contributed by atoms with Crippen LogP contribution in [0.1, 0.15) is 26.2 Å². The molecule has 0 bridgehead atoms. The molecule has 1 heterocycles. The number of carbonyl (C=O) groups is 1. The Kier molecular flexibility index (Phi) is 4.62. The first-order chi connectivity index (χ1) is 10.6. The van der Waals surface area contributed by atoms with Gasteiger partial charge in [-0.25, -0.2) is 4.39 Å². The average molecular weight is 306 g/mol. The quantitative estimate of drug-likeness (QED) is 0.876. The van der Waals surface area contributed by atoms with E-state index < -0.39 is 6.10 Å². The number of hydrogen-bond donors (Lipinski definition) is 1. The summed E-state index contributed by atoms with van der Waals surface area (Å²) >= 11 is 0. The number of nitrogens with one attached hydrogen (secondary N) is 1. The monoisotopic (exact) mass is 306 g/mol. The van der Waals surface area contributed by atoms with E-state index in [1.54, 1.807) is 19.1 Å². The van der Waals surface area contributed by atoms with Crippen molar-refractivity contribution in [3.05, 3.63) is 30.1 Å². The van der Waals surface area contributed by atoms with Crippen molar-refractivity contribution in [2.45, 2.75) is 38.3 Å². The molecule has 0 aromatic heterocycles. The molecule has 1 aliphatic heterocycles. The first-order valence-electron chi connectivity index (χ1n) is 8.06. The zero-order valence-electron chi connectivity index (χ0n) is 12.9. The number of halogens is 1. The van der Waals surface area contributed by atoms with Crippen LogP contribution in [0, 0.1) is 11.7 Å². The molecule has 1 N–H and O–H groups in total. The molecule has 120 valence electrons. The van der Waals surface area contributed by atoms with Crippen LogP contribution in [0.2, 0.25) is 0 Å². The number of ether oxygens (including phenoxy) is 1. The summed E-state index contributed by atoms with van der Waals surface area (Å²) in [6.07, 6.45) is 3.19. The van der Waals surface area contributed by atoms with Gasteiger partial charge in [-0.05, 0) is 50.8 Å². The highest BCUT2D eigenvalue weighted by atomic mass is 19.1. The molecule has 4 nitrogen and oxygen atoms in total. The second kappa shape index (κ2) is 6.65. The second-order valence-electron chi connectivity index (χ2n) is 6.34. The fourth-order valence-electron chi connectivity index (χ4n) is 2.99. The van der Waals surface area contributed by atoms with E-state index in [2.05, 4.69) is 10.2 Å².